The summed E-state index contributed by atoms with van der Waals surface area (Å²) >= 11 is 0. The Balaban J connectivity index is 1.62. The van der Waals surface area contributed by atoms with Crippen LogP contribution < -0.4 is 0 Å². The summed E-state index contributed by atoms with van der Waals surface area (Å²) in [4.78, 5) is 15.1. The van der Waals surface area contributed by atoms with Crippen LogP contribution in [-0.2, 0) is 28.5 Å². The summed E-state index contributed by atoms with van der Waals surface area (Å²) < 4.78 is 32.1. The van der Waals surface area contributed by atoms with E-state index >= 15 is 0 Å². The van der Waals surface area contributed by atoms with Crippen LogP contribution in [0.15, 0.2) is 0 Å². The lowest BCUT2D eigenvalue weighted by molar-refractivity contribution is -0.332. The van der Waals surface area contributed by atoms with Crippen molar-refractivity contribution in [2.75, 3.05) is 34.1 Å². The molecule has 9 heteroatoms. The van der Waals surface area contributed by atoms with E-state index in [-0.39, 0.29) is 48.3 Å². The molecular weight excluding hydrogens is 454 g/mol. The number of likely N-dealkylation sites (N-methyl/N-ethyl adjacent to an activating group) is 1. The second-order valence-electron chi connectivity index (χ2n) is 12.7. The van der Waals surface area contributed by atoms with E-state index in [9.17, 15) is 15.0 Å². The van der Waals surface area contributed by atoms with Gasteiger partial charge < -0.3 is 33.9 Å². The SMILES string of the molecule is CCN1C[C@]2(C)CC[C@H](OC)C34C1C1(OCO[C@@]15C[C@H](O)[C@H]1C[C@]3(O)[C@@H]5C1OC)[C@@H](OC(C)=O)[C@@H]42. The van der Waals surface area contributed by atoms with Gasteiger partial charge in [-0.1, -0.05) is 13.8 Å². The fourth-order valence-electron chi connectivity index (χ4n) is 11.5. The van der Waals surface area contributed by atoms with Crippen molar-refractivity contribution in [2.45, 2.75) is 93.7 Å². The number of aliphatic hydroxyl groups is 2. The number of rotatable bonds is 4. The third kappa shape index (κ3) is 2.09. The fourth-order valence-corrected chi connectivity index (χ4v) is 11.5. The van der Waals surface area contributed by atoms with E-state index in [1.807, 2.05) is 0 Å². The highest BCUT2D eigenvalue weighted by Gasteiger charge is 2.97. The second-order valence-corrected chi connectivity index (χ2v) is 12.7. The normalized spacial score (nSPS) is 61.6. The molecule has 35 heavy (non-hydrogen) atoms. The molecule has 7 fully saturated rings. The molecule has 0 radical (unpaired) electrons. The summed E-state index contributed by atoms with van der Waals surface area (Å²) in [5.41, 5.74) is -4.30. The third-order valence-corrected chi connectivity index (χ3v) is 11.9. The molecule has 7 rings (SSSR count). The van der Waals surface area contributed by atoms with Gasteiger partial charge in [0.25, 0.3) is 0 Å². The first-order valence-electron chi connectivity index (χ1n) is 13.3. The van der Waals surface area contributed by atoms with Gasteiger partial charge in [-0.15, -0.1) is 0 Å². The Bertz CT molecular complexity index is 964. The zero-order chi connectivity index (χ0) is 24.8. The molecule has 0 aromatic carbocycles. The average molecular weight is 494 g/mol. The Morgan fingerprint density at radius 2 is 1.94 bits per heavy atom. The van der Waals surface area contributed by atoms with Crippen LogP contribution in [0.4, 0.5) is 0 Å². The maximum absolute atomic E-state index is 13.3. The molecule has 5 saturated carbocycles. The van der Waals surface area contributed by atoms with Gasteiger partial charge in [-0.3, -0.25) is 9.69 Å². The number of aliphatic hydroxyl groups excluding tert-OH is 1. The summed E-state index contributed by atoms with van der Waals surface area (Å²) in [6.45, 7) is 7.51. The topological polar surface area (TPSA) is 107 Å². The number of esters is 1. The van der Waals surface area contributed by atoms with Gasteiger partial charge >= 0.3 is 5.97 Å². The van der Waals surface area contributed by atoms with Gasteiger partial charge in [-0.05, 0) is 31.2 Å². The number of likely N-dealkylation sites (tertiary alicyclic amines) is 1. The van der Waals surface area contributed by atoms with E-state index < -0.39 is 40.3 Å². The monoisotopic (exact) mass is 493 g/mol. The molecule has 0 aromatic heterocycles. The molecule has 2 saturated heterocycles. The highest BCUT2D eigenvalue weighted by Crippen LogP contribution is 2.83. The van der Waals surface area contributed by atoms with Crippen molar-refractivity contribution >= 4 is 5.97 Å². The summed E-state index contributed by atoms with van der Waals surface area (Å²) in [5.74, 6) is -1.16. The van der Waals surface area contributed by atoms with Crippen molar-refractivity contribution in [3.8, 4) is 0 Å². The van der Waals surface area contributed by atoms with Crippen molar-refractivity contribution in [1.82, 2.24) is 4.90 Å². The Morgan fingerprint density at radius 1 is 1.17 bits per heavy atom. The van der Waals surface area contributed by atoms with E-state index in [0.29, 0.717) is 12.8 Å². The van der Waals surface area contributed by atoms with Crippen molar-refractivity contribution in [2.24, 2.45) is 28.6 Å². The van der Waals surface area contributed by atoms with E-state index in [1.165, 1.54) is 6.92 Å². The molecule has 196 valence electrons. The molecular formula is C26H39NO8. The molecule has 7 bridgehead atoms. The molecule has 3 spiro atoms. The minimum Gasteiger partial charge on any atom is -0.459 e. The molecule has 5 aliphatic carbocycles. The molecule has 2 N–H and O–H groups in total. The third-order valence-electron chi connectivity index (χ3n) is 11.9. The maximum Gasteiger partial charge on any atom is 0.303 e. The van der Waals surface area contributed by atoms with Crippen molar-refractivity contribution in [1.29, 1.82) is 0 Å². The van der Waals surface area contributed by atoms with Crippen LogP contribution in [0.5, 0.6) is 0 Å². The highest BCUT2D eigenvalue weighted by atomic mass is 16.7. The van der Waals surface area contributed by atoms with Crippen LogP contribution in [0.1, 0.15) is 46.5 Å². The molecule has 4 unspecified atom stereocenters. The van der Waals surface area contributed by atoms with E-state index in [4.69, 9.17) is 23.7 Å². The Hall–Kier alpha value is -0.810. The summed E-state index contributed by atoms with van der Waals surface area (Å²) in [6.07, 6.45) is 0.473. The van der Waals surface area contributed by atoms with Crippen LogP contribution >= 0.6 is 0 Å². The first kappa shape index (κ1) is 23.3. The Morgan fingerprint density at radius 3 is 2.60 bits per heavy atom. The summed E-state index contributed by atoms with van der Waals surface area (Å²) in [7, 11) is 3.40. The Labute approximate surface area is 206 Å². The summed E-state index contributed by atoms with van der Waals surface area (Å²) in [6, 6.07) is -0.280. The molecule has 0 amide bonds. The number of methoxy groups -OCH3 is 2. The minimum atomic E-state index is -1.24. The van der Waals surface area contributed by atoms with E-state index in [1.54, 1.807) is 14.2 Å². The number of ether oxygens (including phenoxy) is 5. The number of piperidine rings is 1. The molecule has 2 aliphatic heterocycles. The maximum atomic E-state index is 13.3. The number of carbonyl (C=O) groups excluding carboxylic acids is 1. The molecule has 2 heterocycles. The molecule has 0 aromatic rings. The van der Waals surface area contributed by atoms with E-state index in [2.05, 4.69) is 18.7 Å². The lowest BCUT2D eigenvalue weighted by Gasteiger charge is -2.71. The molecule has 9 nitrogen and oxygen atoms in total. The van der Waals surface area contributed by atoms with Crippen molar-refractivity contribution in [3.63, 3.8) is 0 Å². The van der Waals surface area contributed by atoms with Crippen LogP contribution in [0, 0.1) is 28.6 Å². The fraction of sp³-hybridized carbons (Fsp3) is 0.962. The van der Waals surface area contributed by atoms with Gasteiger partial charge in [0, 0.05) is 51.9 Å². The second kappa shape index (κ2) is 6.79. The zero-order valence-electron chi connectivity index (χ0n) is 21.4. The molecule has 13 atom stereocenters. The van der Waals surface area contributed by atoms with Crippen molar-refractivity contribution < 1.29 is 38.7 Å². The van der Waals surface area contributed by atoms with Crippen LogP contribution in [0.3, 0.4) is 0 Å². The molecule has 7 aliphatic rings. The smallest absolute Gasteiger partial charge is 0.303 e. The highest BCUT2D eigenvalue weighted by molar-refractivity contribution is 5.67. The van der Waals surface area contributed by atoms with Gasteiger partial charge in [0.1, 0.15) is 18.5 Å². The lowest BCUT2D eigenvalue weighted by Crippen LogP contribution is -2.85. The van der Waals surface area contributed by atoms with Crippen molar-refractivity contribution in [3.05, 3.63) is 0 Å². The predicted octanol–water partition coefficient (Wildman–Crippen LogP) is 0.696. The van der Waals surface area contributed by atoms with E-state index in [0.717, 1.165) is 25.9 Å². The number of hydrogen-bond donors (Lipinski definition) is 2. The number of nitrogens with zero attached hydrogens (tertiary/aromatic N) is 1. The number of fused-ring (bicyclic) bond motifs is 1. The van der Waals surface area contributed by atoms with Gasteiger partial charge in [0.2, 0.25) is 0 Å². The van der Waals surface area contributed by atoms with Gasteiger partial charge in [-0.2, -0.15) is 0 Å². The number of carbonyl (C=O) groups is 1. The van der Waals surface area contributed by atoms with Crippen LogP contribution in [0.2, 0.25) is 0 Å². The van der Waals surface area contributed by atoms with Crippen LogP contribution in [-0.4, -0.2) is 102 Å². The first-order chi connectivity index (χ1) is 16.6. The first-order valence-corrected chi connectivity index (χ1v) is 13.3. The zero-order valence-corrected chi connectivity index (χ0v) is 21.4. The van der Waals surface area contributed by atoms with Gasteiger partial charge in [-0.25, -0.2) is 0 Å². The quantitative estimate of drug-likeness (QED) is 0.547. The predicted molar refractivity (Wildman–Crippen MR) is 121 cm³/mol. The standard InChI is InChI=1S/C26H39NO8/c1-6-27-11-22(3)8-7-16(31-4)25-19(22)20(35-13(2)28)26(21(25)27)24(33-12-34-26)10-15(29)14-9-23(25,30)18(24)17(14)32-5/h14-21,29-30H,6-12H2,1-5H3/t14-,15+,16+,17?,18+,19-,20+,21?,22+,23+,24-,25?,26?/m1/s1. The number of hydrogen-bond acceptors (Lipinski definition) is 9. The largest absolute Gasteiger partial charge is 0.459 e. The Kier molecular flexibility index (Phi) is 4.52. The van der Waals surface area contributed by atoms with Gasteiger partial charge in [0.15, 0.2) is 5.60 Å². The lowest BCUT2D eigenvalue weighted by atomic mass is 9.41. The minimum absolute atomic E-state index is 0.0311. The summed E-state index contributed by atoms with van der Waals surface area (Å²) in [5, 5.41) is 24.7. The van der Waals surface area contributed by atoms with Crippen LogP contribution in [0.25, 0.3) is 0 Å². The average Bonchev–Trinajstić information content (AvgIpc) is 3.36. The van der Waals surface area contributed by atoms with Gasteiger partial charge in [0.05, 0.1) is 35.4 Å².